The predicted molar refractivity (Wildman–Crippen MR) is 42.6 cm³/mol. The summed E-state index contributed by atoms with van der Waals surface area (Å²) in [6.07, 6.45) is 0. The summed E-state index contributed by atoms with van der Waals surface area (Å²) in [5.41, 5.74) is 3.60. The van der Waals surface area contributed by atoms with Gasteiger partial charge < -0.3 is 15.8 Å². The number of nitrogens with zero attached hydrogens (tertiary/aromatic N) is 2. The van der Waals surface area contributed by atoms with E-state index in [2.05, 4.69) is 4.98 Å². The van der Waals surface area contributed by atoms with E-state index in [1.165, 1.54) is 6.07 Å². The fourth-order valence-electron chi connectivity index (χ4n) is 0.824. The number of aromatic hydroxyl groups is 1. The summed E-state index contributed by atoms with van der Waals surface area (Å²) >= 11 is 0. The smallest absolute Gasteiger partial charge is 0.271 e. The fraction of sp³-hybridized carbons (Fsp3) is 0. The average molecular weight is 176 g/mol. The molecule has 0 amide bonds. The van der Waals surface area contributed by atoms with Gasteiger partial charge in [0, 0.05) is 0 Å². The molecule has 0 spiro atoms. The molecule has 0 saturated heterocycles. The van der Waals surface area contributed by atoms with Crippen molar-refractivity contribution >= 4 is 5.82 Å². The molecule has 6 heteroatoms. The van der Waals surface area contributed by atoms with E-state index in [1.54, 1.807) is 6.07 Å². The van der Waals surface area contributed by atoms with Crippen LogP contribution in [0, 0.1) is 22.7 Å². The van der Waals surface area contributed by atoms with Gasteiger partial charge in [-0.15, -0.1) is 0 Å². The molecule has 0 fully saturated rings. The second-order valence-corrected chi connectivity index (χ2v) is 2.19. The highest BCUT2D eigenvalue weighted by Gasteiger charge is 2.14. The number of hydrogen-bond acceptors (Lipinski definition) is 5. The van der Waals surface area contributed by atoms with E-state index in [1.807, 2.05) is 0 Å². The summed E-state index contributed by atoms with van der Waals surface area (Å²) in [7, 11) is 0. The Labute approximate surface area is 72.5 Å². The van der Waals surface area contributed by atoms with E-state index in [-0.39, 0.29) is 11.4 Å². The summed E-state index contributed by atoms with van der Waals surface area (Å²) in [5, 5.41) is 26.1. The molecule has 0 unspecified atom stereocenters. The molecule has 1 aromatic heterocycles. The number of pyridine rings is 1. The Morgan fingerprint density at radius 3 is 2.31 bits per heavy atom. The van der Waals surface area contributed by atoms with Crippen LogP contribution < -0.4 is 11.3 Å². The highest BCUT2D eigenvalue weighted by Crippen LogP contribution is 2.21. The van der Waals surface area contributed by atoms with Crippen molar-refractivity contribution in [2.24, 2.45) is 0 Å². The van der Waals surface area contributed by atoms with Gasteiger partial charge in [-0.1, -0.05) is 0 Å². The maximum atomic E-state index is 10.9. The van der Waals surface area contributed by atoms with Crippen molar-refractivity contribution in [3.05, 3.63) is 21.5 Å². The number of aromatic amines is 1. The molecule has 64 valence electrons. The molecule has 1 heterocycles. The first kappa shape index (κ1) is 8.62. The first-order valence-electron chi connectivity index (χ1n) is 3.16. The SMILES string of the molecule is N#Cc1c(N)[nH]c(=O)c(C#N)c1O. The van der Waals surface area contributed by atoms with Gasteiger partial charge >= 0.3 is 0 Å². The van der Waals surface area contributed by atoms with E-state index in [0.717, 1.165) is 0 Å². The lowest BCUT2D eigenvalue weighted by molar-refractivity contribution is 0.470. The Balaban J connectivity index is 3.74. The standard InChI is InChI=1S/C7H4N4O2/c8-1-3-5(12)4(2-9)7(13)11-6(3)10/h(H4,10,11,12,13). The summed E-state index contributed by atoms with van der Waals surface area (Å²) in [4.78, 5) is 13.0. The van der Waals surface area contributed by atoms with E-state index < -0.39 is 16.9 Å². The predicted octanol–water partition coefficient (Wildman–Crippen LogP) is -0.594. The minimum Gasteiger partial charge on any atom is -0.505 e. The van der Waals surface area contributed by atoms with E-state index in [4.69, 9.17) is 16.3 Å². The van der Waals surface area contributed by atoms with Crippen LogP contribution in [0.25, 0.3) is 0 Å². The van der Waals surface area contributed by atoms with Gasteiger partial charge in [0.25, 0.3) is 5.56 Å². The monoisotopic (exact) mass is 176 g/mol. The number of rotatable bonds is 0. The molecule has 1 rings (SSSR count). The minimum atomic E-state index is -0.809. The van der Waals surface area contributed by atoms with Crippen LogP contribution >= 0.6 is 0 Å². The van der Waals surface area contributed by atoms with Gasteiger partial charge in [-0.05, 0) is 0 Å². The second-order valence-electron chi connectivity index (χ2n) is 2.19. The van der Waals surface area contributed by atoms with Crippen LogP contribution in [0.1, 0.15) is 11.1 Å². The molecule has 0 saturated carbocycles. The molecule has 0 aliphatic carbocycles. The third-order valence-electron chi connectivity index (χ3n) is 1.44. The van der Waals surface area contributed by atoms with Crippen molar-refractivity contribution in [2.45, 2.75) is 0 Å². The molecule has 6 nitrogen and oxygen atoms in total. The molecule has 0 bridgehead atoms. The number of hydrogen-bond donors (Lipinski definition) is 3. The number of anilines is 1. The van der Waals surface area contributed by atoms with Gasteiger partial charge in [-0.2, -0.15) is 10.5 Å². The maximum absolute atomic E-state index is 10.9. The van der Waals surface area contributed by atoms with E-state index in [0.29, 0.717) is 0 Å². The van der Waals surface area contributed by atoms with Crippen molar-refractivity contribution in [3.8, 4) is 17.9 Å². The fourth-order valence-corrected chi connectivity index (χ4v) is 0.824. The van der Waals surface area contributed by atoms with Gasteiger partial charge in [0.15, 0.2) is 11.3 Å². The normalized spacial score (nSPS) is 8.77. The van der Waals surface area contributed by atoms with Crippen molar-refractivity contribution < 1.29 is 5.11 Å². The van der Waals surface area contributed by atoms with Crippen LogP contribution in [0.4, 0.5) is 5.82 Å². The molecule has 0 aliphatic heterocycles. The molecule has 1 aromatic rings. The lowest BCUT2D eigenvalue weighted by Gasteiger charge is -2.00. The van der Waals surface area contributed by atoms with E-state index >= 15 is 0 Å². The van der Waals surface area contributed by atoms with Crippen LogP contribution in [0.15, 0.2) is 4.79 Å². The zero-order valence-electron chi connectivity index (χ0n) is 6.33. The Kier molecular flexibility index (Phi) is 1.91. The minimum absolute atomic E-state index is 0.246. The molecule has 0 atom stereocenters. The Morgan fingerprint density at radius 2 is 1.85 bits per heavy atom. The molecule has 0 aromatic carbocycles. The largest absolute Gasteiger partial charge is 0.505 e. The van der Waals surface area contributed by atoms with Gasteiger partial charge in [0.1, 0.15) is 23.5 Å². The van der Waals surface area contributed by atoms with Crippen molar-refractivity contribution in [1.82, 2.24) is 4.98 Å². The third kappa shape index (κ3) is 1.17. The molecular formula is C7H4N4O2. The van der Waals surface area contributed by atoms with Crippen LogP contribution in [-0.2, 0) is 0 Å². The van der Waals surface area contributed by atoms with Crippen molar-refractivity contribution in [1.29, 1.82) is 10.5 Å². The number of nitrogen functional groups attached to an aromatic ring is 1. The molecule has 4 N–H and O–H groups in total. The summed E-state index contributed by atoms with van der Waals surface area (Å²) in [6.45, 7) is 0. The van der Waals surface area contributed by atoms with Crippen LogP contribution in [-0.4, -0.2) is 10.1 Å². The molecule has 0 radical (unpaired) electrons. The Hall–Kier alpha value is -2.47. The molecule has 13 heavy (non-hydrogen) atoms. The zero-order valence-corrected chi connectivity index (χ0v) is 6.33. The lowest BCUT2D eigenvalue weighted by atomic mass is 10.2. The van der Waals surface area contributed by atoms with Gasteiger partial charge in [0.05, 0.1) is 0 Å². The number of aromatic nitrogens is 1. The Bertz CT molecular complexity index is 489. The topological polar surface area (TPSA) is 127 Å². The number of H-pyrrole nitrogens is 1. The van der Waals surface area contributed by atoms with Gasteiger partial charge in [-0.3, -0.25) is 4.79 Å². The summed E-state index contributed by atoms with van der Waals surface area (Å²) in [5.74, 6) is -0.921. The highest BCUT2D eigenvalue weighted by atomic mass is 16.3. The third-order valence-corrected chi connectivity index (χ3v) is 1.44. The quantitative estimate of drug-likeness (QED) is 0.486. The maximum Gasteiger partial charge on any atom is 0.271 e. The second kappa shape index (κ2) is 2.88. The van der Waals surface area contributed by atoms with Gasteiger partial charge in [-0.25, -0.2) is 0 Å². The first-order chi connectivity index (χ1) is 6.11. The number of nitrogens with one attached hydrogen (secondary N) is 1. The lowest BCUT2D eigenvalue weighted by Crippen LogP contribution is -2.14. The molecule has 0 aliphatic rings. The average Bonchev–Trinajstić information content (AvgIpc) is 2.04. The summed E-state index contributed by atoms with van der Waals surface area (Å²) in [6, 6.07) is 3.03. The van der Waals surface area contributed by atoms with Crippen LogP contribution in [0.5, 0.6) is 5.75 Å². The highest BCUT2D eigenvalue weighted by molar-refractivity contribution is 5.61. The van der Waals surface area contributed by atoms with Crippen molar-refractivity contribution in [3.63, 3.8) is 0 Å². The molecular weight excluding hydrogens is 172 g/mol. The Morgan fingerprint density at radius 1 is 1.31 bits per heavy atom. The van der Waals surface area contributed by atoms with Crippen LogP contribution in [0.2, 0.25) is 0 Å². The number of nitriles is 2. The van der Waals surface area contributed by atoms with Gasteiger partial charge in [0.2, 0.25) is 0 Å². The summed E-state index contributed by atoms with van der Waals surface area (Å²) < 4.78 is 0. The van der Waals surface area contributed by atoms with Crippen molar-refractivity contribution in [2.75, 3.05) is 5.73 Å². The number of nitrogens with two attached hydrogens (primary N) is 1. The van der Waals surface area contributed by atoms with E-state index in [9.17, 15) is 9.90 Å². The van der Waals surface area contributed by atoms with Crippen LogP contribution in [0.3, 0.4) is 0 Å². The zero-order chi connectivity index (χ0) is 10.0. The first-order valence-corrected chi connectivity index (χ1v) is 3.16.